The summed E-state index contributed by atoms with van der Waals surface area (Å²) in [4.78, 5) is 18.2. The number of aromatic nitrogens is 4. The fourth-order valence-corrected chi connectivity index (χ4v) is 3.17. The summed E-state index contributed by atoms with van der Waals surface area (Å²) in [6.07, 6.45) is 5.71. The minimum atomic E-state index is 0.517. The topological polar surface area (TPSA) is 61.6 Å². The number of anilines is 3. The molecule has 0 saturated carbocycles. The van der Waals surface area contributed by atoms with E-state index in [1.54, 1.807) is 6.20 Å². The van der Waals surface area contributed by atoms with E-state index in [0.717, 1.165) is 48.4 Å². The number of fused-ring (bicyclic) bond motifs is 1. The van der Waals surface area contributed by atoms with Crippen molar-refractivity contribution in [1.29, 1.82) is 0 Å². The molecular formula is C18H23N7. The third kappa shape index (κ3) is 3.28. The van der Waals surface area contributed by atoms with Crippen LogP contribution in [0.1, 0.15) is 12.7 Å². The van der Waals surface area contributed by atoms with Crippen LogP contribution in [0.3, 0.4) is 0 Å². The molecule has 4 heterocycles. The van der Waals surface area contributed by atoms with Crippen LogP contribution in [0.15, 0.2) is 36.8 Å². The van der Waals surface area contributed by atoms with Crippen LogP contribution in [0.25, 0.3) is 5.65 Å². The second-order valence-corrected chi connectivity index (χ2v) is 6.67. The molecule has 7 heteroatoms. The Morgan fingerprint density at radius 2 is 2.04 bits per heavy atom. The molecule has 4 rings (SSSR count). The molecule has 7 nitrogen and oxygen atoms in total. The van der Waals surface area contributed by atoms with Gasteiger partial charge in [-0.3, -0.25) is 0 Å². The van der Waals surface area contributed by atoms with E-state index in [1.807, 2.05) is 41.9 Å². The zero-order chi connectivity index (χ0) is 17.4. The molecule has 1 saturated heterocycles. The summed E-state index contributed by atoms with van der Waals surface area (Å²) in [7, 11) is 2.17. The first-order chi connectivity index (χ1) is 12.1. The Hall–Kier alpha value is -2.67. The number of hydrogen-bond donors (Lipinski definition) is 1. The van der Waals surface area contributed by atoms with Gasteiger partial charge >= 0.3 is 0 Å². The molecule has 3 aromatic rings. The highest BCUT2D eigenvalue weighted by molar-refractivity contribution is 5.63. The normalized spacial score (nSPS) is 18.7. The largest absolute Gasteiger partial charge is 0.354 e. The molecule has 130 valence electrons. The molecule has 0 amide bonds. The minimum Gasteiger partial charge on any atom is -0.354 e. The number of rotatable bonds is 3. The van der Waals surface area contributed by atoms with Crippen molar-refractivity contribution < 1.29 is 0 Å². The number of piperazine rings is 1. The van der Waals surface area contributed by atoms with Gasteiger partial charge in [-0.05, 0) is 27.0 Å². The summed E-state index contributed by atoms with van der Waals surface area (Å²) < 4.78 is 1.98. The SMILES string of the molecule is Cc1nc(Nc2ccn3ccnc3c2)cc(N2CCN(C)C(C)C2)n1. The average molecular weight is 337 g/mol. The Morgan fingerprint density at radius 3 is 2.88 bits per heavy atom. The molecule has 1 aliphatic rings. The predicted octanol–water partition coefficient (Wildman–Crippen LogP) is 2.32. The lowest BCUT2D eigenvalue weighted by Gasteiger charge is -2.38. The van der Waals surface area contributed by atoms with E-state index in [2.05, 4.69) is 44.0 Å². The molecule has 0 bridgehead atoms. The van der Waals surface area contributed by atoms with Crippen molar-refractivity contribution in [2.45, 2.75) is 19.9 Å². The predicted molar refractivity (Wildman–Crippen MR) is 99.5 cm³/mol. The molecule has 3 aromatic heterocycles. The monoisotopic (exact) mass is 337 g/mol. The van der Waals surface area contributed by atoms with Gasteiger partial charge in [0, 0.05) is 62.1 Å². The summed E-state index contributed by atoms with van der Waals surface area (Å²) in [5, 5.41) is 3.38. The molecule has 1 fully saturated rings. The Morgan fingerprint density at radius 1 is 1.16 bits per heavy atom. The quantitative estimate of drug-likeness (QED) is 0.791. The molecule has 0 spiro atoms. The average Bonchev–Trinajstić information content (AvgIpc) is 3.04. The van der Waals surface area contributed by atoms with Crippen molar-refractivity contribution in [3.63, 3.8) is 0 Å². The Labute approximate surface area is 147 Å². The second kappa shape index (κ2) is 6.33. The molecular weight excluding hydrogens is 314 g/mol. The molecule has 1 atom stereocenters. The van der Waals surface area contributed by atoms with Gasteiger partial charge in [-0.25, -0.2) is 15.0 Å². The highest BCUT2D eigenvalue weighted by Gasteiger charge is 2.22. The third-order valence-corrected chi connectivity index (χ3v) is 4.78. The van der Waals surface area contributed by atoms with Crippen LogP contribution in [0.2, 0.25) is 0 Å². The van der Waals surface area contributed by atoms with Crippen molar-refractivity contribution in [3.8, 4) is 0 Å². The van der Waals surface area contributed by atoms with Crippen LogP contribution < -0.4 is 10.2 Å². The van der Waals surface area contributed by atoms with Gasteiger partial charge in [0.25, 0.3) is 0 Å². The summed E-state index contributed by atoms with van der Waals surface area (Å²) in [6, 6.07) is 6.57. The summed E-state index contributed by atoms with van der Waals surface area (Å²) in [5.74, 6) is 2.57. The number of pyridine rings is 1. The van der Waals surface area contributed by atoms with Gasteiger partial charge in [-0.1, -0.05) is 0 Å². The molecule has 0 radical (unpaired) electrons. The van der Waals surface area contributed by atoms with Crippen molar-refractivity contribution in [2.24, 2.45) is 0 Å². The maximum Gasteiger partial charge on any atom is 0.138 e. The first-order valence-corrected chi connectivity index (χ1v) is 8.59. The second-order valence-electron chi connectivity index (χ2n) is 6.67. The molecule has 0 aromatic carbocycles. The first-order valence-electron chi connectivity index (χ1n) is 8.59. The van der Waals surface area contributed by atoms with Gasteiger partial charge in [0.2, 0.25) is 0 Å². The molecule has 0 aliphatic carbocycles. The Balaban J connectivity index is 1.58. The first kappa shape index (κ1) is 15.8. The number of aryl methyl sites for hydroxylation is 1. The lowest BCUT2D eigenvalue weighted by Crippen LogP contribution is -2.50. The zero-order valence-electron chi connectivity index (χ0n) is 14.8. The van der Waals surface area contributed by atoms with Crippen LogP contribution in [0, 0.1) is 6.92 Å². The Bertz CT molecular complexity index is 888. The lowest BCUT2D eigenvalue weighted by molar-refractivity contribution is 0.233. The number of nitrogens with zero attached hydrogens (tertiary/aromatic N) is 6. The van der Waals surface area contributed by atoms with Crippen LogP contribution in [-0.4, -0.2) is 57.0 Å². The van der Waals surface area contributed by atoms with Crippen molar-refractivity contribution in [1.82, 2.24) is 24.3 Å². The van der Waals surface area contributed by atoms with Crippen LogP contribution in [-0.2, 0) is 0 Å². The van der Waals surface area contributed by atoms with Gasteiger partial charge in [0.15, 0.2) is 0 Å². The highest BCUT2D eigenvalue weighted by atomic mass is 15.3. The van der Waals surface area contributed by atoms with Crippen molar-refractivity contribution in [3.05, 3.63) is 42.6 Å². The fraction of sp³-hybridized carbons (Fsp3) is 0.389. The van der Waals surface area contributed by atoms with Gasteiger partial charge < -0.3 is 19.5 Å². The van der Waals surface area contributed by atoms with Crippen LogP contribution in [0.4, 0.5) is 17.3 Å². The highest BCUT2D eigenvalue weighted by Crippen LogP contribution is 2.22. The van der Waals surface area contributed by atoms with E-state index in [9.17, 15) is 0 Å². The minimum absolute atomic E-state index is 0.517. The number of likely N-dealkylation sites (N-methyl/N-ethyl adjacent to an activating group) is 1. The molecule has 1 N–H and O–H groups in total. The third-order valence-electron chi connectivity index (χ3n) is 4.78. The van der Waals surface area contributed by atoms with Gasteiger partial charge in [-0.2, -0.15) is 0 Å². The van der Waals surface area contributed by atoms with Gasteiger partial charge in [0.1, 0.15) is 23.1 Å². The van der Waals surface area contributed by atoms with E-state index in [4.69, 9.17) is 0 Å². The zero-order valence-corrected chi connectivity index (χ0v) is 14.8. The van der Waals surface area contributed by atoms with Crippen molar-refractivity contribution >= 4 is 23.0 Å². The van der Waals surface area contributed by atoms with E-state index in [-0.39, 0.29) is 0 Å². The summed E-state index contributed by atoms with van der Waals surface area (Å²) in [5.41, 5.74) is 1.87. The number of imidazole rings is 1. The van der Waals surface area contributed by atoms with E-state index < -0.39 is 0 Å². The van der Waals surface area contributed by atoms with Gasteiger partial charge in [0.05, 0.1) is 0 Å². The molecule has 1 unspecified atom stereocenters. The van der Waals surface area contributed by atoms with E-state index in [0.29, 0.717) is 6.04 Å². The van der Waals surface area contributed by atoms with E-state index in [1.165, 1.54) is 0 Å². The van der Waals surface area contributed by atoms with Gasteiger partial charge in [-0.15, -0.1) is 0 Å². The maximum atomic E-state index is 4.64. The van der Waals surface area contributed by atoms with Crippen LogP contribution in [0.5, 0.6) is 0 Å². The molecule has 25 heavy (non-hydrogen) atoms. The van der Waals surface area contributed by atoms with Crippen molar-refractivity contribution in [2.75, 3.05) is 36.9 Å². The molecule has 1 aliphatic heterocycles. The Kier molecular flexibility index (Phi) is 4.01. The standard InChI is InChI=1S/C18H23N7/c1-13-12-25(9-8-23(13)3)18-11-16(20-14(2)21-18)22-15-4-6-24-7-5-19-17(24)10-15/h4-7,10-11,13H,8-9,12H2,1-3H3,(H,20,21,22). The smallest absolute Gasteiger partial charge is 0.138 e. The number of hydrogen-bond acceptors (Lipinski definition) is 6. The maximum absolute atomic E-state index is 4.64. The van der Waals surface area contributed by atoms with E-state index >= 15 is 0 Å². The summed E-state index contributed by atoms with van der Waals surface area (Å²) >= 11 is 0. The summed E-state index contributed by atoms with van der Waals surface area (Å²) in [6.45, 7) is 7.19. The fourth-order valence-electron chi connectivity index (χ4n) is 3.17. The lowest BCUT2D eigenvalue weighted by atomic mass is 10.2. The van der Waals surface area contributed by atoms with Crippen LogP contribution >= 0.6 is 0 Å². The number of nitrogens with one attached hydrogen (secondary N) is 1.